The van der Waals surface area contributed by atoms with Gasteiger partial charge < -0.3 is 5.73 Å². The second-order valence-corrected chi connectivity index (χ2v) is 3.69. The molecule has 1 aliphatic heterocycles. The zero-order valence-electron chi connectivity index (χ0n) is 7.25. The Bertz CT molecular complexity index is 102. The summed E-state index contributed by atoms with van der Waals surface area (Å²) in [5.74, 6) is 0. The van der Waals surface area contributed by atoms with Crippen LogP contribution < -0.4 is 5.73 Å². The third-order valence-corrected chi connectivity index (χ3v) is 2.95. The van der Waals surface area contributed by atoms with Crippen molar-refractivity contribution in [3.05, 3.63) is 0 Å². The van der Waals surface area contributed by atoms with Crippen LogP contribution in [0.1, 0.15) is 0 Å². The van der Waals surface area contributed by atoms with E-state index in [9.17, 15) is 0 Å². The van der Waals surface area contributed by atoms with Gasteiger partial charge in [0.1, 0.15) is 0 Å². The molecule has 0 aromatic heterocycles. The third-order valence-electron chi connectivity index (χ3n) is 2.06. The first-order chi connectivity index (χ1) is 5.36. The molecule has 0 bridgehead atoms. The summed E-state index contributed by atoms with van der Waals surface area (Å²) in [6, 6.07) is 0. The van der Waals surface area contributed by atoms with E-state index in [0.717, 1.165) is 6.54 Å². The van der Waals surface area contributed by atoms with E-state index >= 15 is 0 Å². The Morgan fingerprint density at radius 1 is 1.27 bits per heavy atom. The molecule has 1 heterocycles. The highest BCUT2D eigenvalue weighted by atomic mass is 32.2. The highest BCUT2D eigenvalue weighted by Crippen LogP contribution is 2.08. The quantitative estimate of drug-likeness (QED) is 0.567. The Hall–Kier alpha value is 0.230. The molecule has 0 atom stereocenters. The molecular weight excluding hydrogens is 158 g/mol. The van der Waals surface area contributed by atoms with Crippen LogP contribution in [0.15, 0.2) is 0 Å². The molecule has 3 N–H and O–H groups in total. The van der Waals surface area contributed by atoms with Gasteiger partial charge in [0.2, 0.25) is 0 Å². The van der Waals surface area contributed by atoms with Crippen LogP contribution in [0, 0.1) is 0 Å². The van der Waals surface area contributed by atoms with E-state index in [1.165, 1.54) is 32.7 Å². The number of quaternary nitrogens is 1. The Kier molecular flexibility index (Phi) is 4.22. The van der Waals surface area contributed by atoms with Crippen molar-refractivity contribution in [2.45, 2.75) is 0 Å². The lowest BCUT2D eigenvalue weighted by molar-refractivity contribution is -0.369. The van der Waals surface area contributed by atoms with E-state index in [0.29, 0.717) is 0 Å². The van der Waals surface area contributed by atoms with Gasteiger partial charge in [0.05, 0.1) is 6.54 Å². The molecule has 1 rings (SSSR count). The smallest absolute Gasteiger partial charge is 0.0869 e. The molecule has 1 fully saturated rings. The highest BCUT2D eigenvalue weighted by Gasteiger charge is 2.14. The number of hydrogen-bond donors (Lipinski definition) is 1. The summed E-state index contributed by atoms with van der Waals surface area (Å²) in [6.45, 7) is 7.07. The zero-order chi connectivity index (χ0) is 8.10. The average molecular weight is 176 g/mol. The molecule has 1 saturated heterocycles. The summed E-state index contributed by atoms with van der Waals surface area (Å²) in [4.78, 5) is 2.49. The molecule has 66 valence electrons. The summed E-state index contributed by atoms with van der Waals surface area (Å²) in [5, 5.41) is 0. The lowest BCUT2D eigenvalue weighted by Gasteiger charge is -2.32. The third kappa shape index (κ3) is 2.99. The van der Waals surface area contributed by atoms with Crippen LogP contribution >= 0.6 is 11.9 Å². The van der Waals surface area contributed by atoms with Crippen LogP contribution in [-0.4, -0.2) is 54.7 Å². The van der Waals surface area contributed by atoms with Crippen molar-refractivity contribution in [1.82, 2.24) is 9.21 Å². The lowest BCUT2D eigenvalue weighted by Crippen LogP contribution is -2.56. The van der Waals surface area contributed by atoms with Crippen LogP contribution in [0.5, 0.6) is 0 Å². The van der Waals surface area contributed by atoms with Crippen LogP contribution in [0.4, 0.5) is 0 Å². The average Bonchev–Trinajstić information content (AvgIpc) is 2.07. The molecule has 0 aliphatic carbocycles. The van der Waals surface area contributed by atoms with Crippen molar-refractivity contribution < 1.29 is 5.73 Å². The van der Waals surface area contributed by atoms with Gasteiger partial charge in [0.25, 0.3) is 0 Å². The van der Waals surface area contributed by atoms with Crippen LogP contribution in [0.3, 0.4) is 0 Å². The minimum Gasteiger partial charge on any atom is -0.357 e. The molecule has 0 aromatic carbocycles. The molecule has 0 aromatic rings. The van der Waals surface area contributed by atoms with Gasteiger partial charge in [-0.25, -0.2) is 4.31 Å². The van der Waals surface area contributed by atoms with Crippen molar-refractivity contribution in [1.29, 1.82) is 0 Å². The van der Waals surface area contributed by atoms with E-state index in [2.05, 4.69) is 21.2 Å². The minimum atomic E-state index is 1.04. The number of piperazine rings is 1. The normalized spacial score (nSPS) is 22.4. The predicted octanol–water partition coefficient (Wildman–Crippen LogP) is -0.876. The summed E-state index contributed by atoms with van der Waals surface area (Å²) < 4.78 is 2.42. The Morgan fingerprint density at radius 2 is 1.91 bits per heavy atom. The summed E-state index contributed by atoms with van der Waals surface area (Å²) >= 11 is 1.86. The lowest BCUT2D eigenvalue weighted by atomic mass is 10.3. The Labute approximate surface area is 73.0 Å². The molecule has 0 amide bonds. The van der Waals surface area contributed by atoms with Gasteiger partial charge in [-0.1, -0.05) is 11.9 Å². The highest BCUT2D eigenvalue weighted by molar-refractivity contribution is 7.96. The van der Waals surface area contributed by atoms with E-state index in [4.69, 9.17) is 0 Å². The topological polar surface area (TPSA) is 34.1 Å². The maximum absolute atomic E-state index is 3.86. The van der Waals surface area contributed by atoms with E-state index in [-0.39, 0.29) is 0 Å². The molecule has 0 unspecified atom stereocenters. The van der Waals surface area contributed by atoms with Crippen molar-refractivity contribution >= 4 is 11.9 Å². The first-order valence-electron chi connectivity index (χ1n) is 4.17. The number of rotatable bonds is 3. The van der Waals surface area contributed by atoms with E-state index < -0.39 is 0 Å². The first-order valence-corrected chi connectivity index (χ1v) is 5.35. The fourth-order valence-corrected chi connectivity index (χ4v) is 1.89. The van der Waals surface area contributed by atoms with Crippen molar-refractivity contribution in [3.63, 3.8) is 0 Å². The molecular formula is C7H18N3S+. The summed E-state index contributed by atoms with van der Waals surface area (Å²) in [7, 11) is 0. The summed E-state index contributed by atoms with van der Waals surface area (Å²) in [6.07, 6.45) is 2.15. The summed E-state index contributed by atoms with van der Waals surface area (Å²) in [5.41, 5.74) is 3.86. The molecule has 0 radical (unpaired) electrons. The molecule has 1 aliphatic rings. The predicted molar refractivity (Wildman–Crippen MR) is 49.3 cm³/mol. The van der Waals surface area contributed by atoms with Crippen molar-refractivity contribution in [2.75, 3.05) is 45.5 Å². The molecule has 4 heteroatoms. The maximum Gasteiger partial charge on any atom is 0.0869 e. The van der Waals surface area contributed by atoms with Gasteiger partial charge in [-0.2, -0.15) is 0 Å². The standard InChI is InChI=1S/C7H17N3S/c1-11-10-6-4-9(3-2-8)5-7-10/h2-8H2,1H3/p+1. The fourth-order valence-electron chi connectivity index (χ4n) is 1.36. The van der Waals surface area contributed by atoms with Crippen LogP contribution in [-0.2, 0) is 0 Å². The van der Waals surface area contributed by atoms with E-state index in [1.807, 2.05) is 11.9 Å². The minimum absolute atomic E-state index is 1.04. The first kappa shape index (κ1) is 9.32. The fraction of sp³-hybridized carbons (Fsp3) is 1.00. The second kappa shape index (κ2) is 4.98. The largest absolute Gasteiger partial charge is 0.357 e. The number of nitrogens with zero attached hydrogens (tertiary/aromatic N) is 2. The van der Waals surface area contributed by atoms with E-state index in [1.54, 1.807) is 0 Å². The molecule has 0 saturated carbocycles. The second-order valence-electron chi connectivity index (χ2n) is 2.81. The Morgan fingerprint density at radius 3 is 2.36 bits per heavy atom. The van der Waals surface area contributed by atoms with Gasteiger partial charge in [-0.15, -0.1) is 0 Å². The van der Waals surface area contributed by atoms with Gasteiger partial charge in [-0.05, 0) is 6.26 Å². The maximum atomic E-state index is 3.86. The molecule has 3 nitrogen and oxygen atoms in total. The van der Waals surface area contributed by atoms with Gasteiger partial charge in [0.15, 0.2) is 0 Å². The van der Waals surface area contributed by atoms with Gasteiger partial charge in [0, 0.05) is 32.7 Å². The van der Waals surface area contributed by atoms with Gasteiger partial charge in [-0.3, -0.25) is 4.90 Å². The van der Waals surface area contributed by atoms with Crippen LogP contribution in [0.2, 0.25) is 0 Å². The monoisotopic (exact) mass is 176 g/mol. The van der Waals surface area contributed by atoms with Crippen molar-refractivity contribution in [3.8, 4) is 0 Å². The number of hydrogen-bond acceptors (Lipinski definition) is 3. The molecule has 0 spiro atoms. The van der Waals surface area contributed by atoms with Gasteiger partial charge >= 0.3 is 0 Å². The van der Waals surface area contributed by atoms with Crippen LogP contribution in [0.25, 0.3) is 0 Å². The van der Waals surface area contributed by atoms with Crippen molar-refractivity contribution in [2.24, 2.45) is 0 Å². The zero-order valence-corrected chi connectivity index (χ0v) is 8.07. The molecule has 11 heavy (non-hydrogen) atoms. The SMILES string of the molecule is CSN1CCN(CC[NH3+])CC1. The Balaban J connectivity index is 2.14.